The number of methoxy groups -OCH3 is 1. The predicted molar refractivity (Wildman–Crippen MR) is 116 cm³/mol. The third kappa shape index (κ3) is 4.47. The average Bonchev–Trinajstić information content (AvgIpc) is 3.35. The van der Waals surface area contributed by atoms with E-state index in [2.05, 4.69) is 5.32 Å². The lowest BCUT2D eigenvalue weighted by atomic mass is 10.1. The maximum absolute atomic E-state index is 12.7. The third-order valence-corrected chi connectivity index (χ3v) is 5.49. The summed E-state index contributed by atoms with van der Waals surface area (Å²) in [6, 6.07) is 9.78. The molecule has 1 N–H and O–H groups in total. The van der Waals surface area contributed by atoms with Crippen molar-refractivity contribution in [3.05, 3.63) is 64.2 Å². The normalized spacial score (nSPS) is 18.0. The number of nitrogens with zero attached hydrogens (tertiary/aromatic N) is 1. The number of carbonyl (C=O) groups excluding carboxylic acids is 3. The molecule has 0 saturated carbocycles. The van der Waals surface area contributed by atoms with Crippen LogP contribution in [-0.4, -0.2) is 49.0 Å². The Balaban J connectivity index is 1.46. The van der Waals surface area contributed by atoms with E-state index < -0.39 is 5.91 Å². The Morgan fingerprint density at radius 3 is 2.77 bits per heavy atom. The van der Waals surface area contributed by atoms with Crippen molar-refractivity contribution in [3.8, 4) is 5.75 Å². The number of halogens is 1. The molecule has 160 valence electrons. The summed E-state index contributed by atoms with van der Waals surface area (Å²) in [6.45, 7) is 0.900. The average molecular weight is 441 g/mol. The number of hydrogen-bond acceptors (Lipinski definition) is 5. The zero-order chi connectivity index (χ0) is 22.0. The fourth-order valence-corrected chi connectivity index (χ4v) is 3.89. The summed E-state index contributed by atoms with van der Waals surface area (Å²) in [5, 5.41) is 3.23. The second-order valence-electron chi connectivity index (χ2n) is 7.33. The van der Waals surface area contributed by atoms with Gasteiger partial charge in [0.05, 0.1) is 30.9 Å². The monoisotopic (exact) mass is 440 g/mol. The standard InChI is InChI=1S/C23H21ClN2O5/c1-30-20-8-5-15(24)11-14(20)4-9-21(27)25-16-6-7-18-19(12-16)23(29)26(22(18)28)13-17-3-2-10-31-17/h4-9,11-12,17H,2-3,10,13H2,1H3,(H,25,27)/b9-4+. The van der Waals surface area contributed by atoms with Crippen molar-refractivity contribution < 1.29 is 23.9 Å². The highest BCUT2D eigenvalue weighted by molar-refractivity contribution is 6.30. The maximum atomic E-state index is 12.7. The van der Waals surface area contributed by atoms with E-state index in [0.29, 0.717) is 34.2 Å². The molecule has 2 heterocycles. The van der Waals surface area contributed by atoms with E-state index in [1.54, 1.807) is 36.4 Å². The highest BCUT2D eigenvalue weighted by Gasteiger charge is 2.37. The Morgan fingerprint density at radius 1 is 1.23 bits per heavy atom. The smallest absolute Gasteiger partial charge is 0.261 e. The van der Waals surface area contributed by atoms with Crippen LogP contribution >= 0.6 is 11.6 Å². The van der Waals surface area contributed by atoms with Crippen LogP contribution in [0.5, 0.6) is 5.75 Å². The largest absolute Gasteiger partial charge is 0.496 e. The fourth-order valence-electron chi connectivity index (χ4n) is 3.71. The lowest BCUT2D eigenvalue weighted by Crippen LogP contribution is -2.36. The predicted octanol–water partition coefficient (Wildman–Crippen LogP) is 3.78. The number of benzene rings is 2. The number of carbonyl (C=O) groups is 3. The number of imide groups is 1. The summed E-state index contributed by atoms with van der Waals surface area (Å²) < 4.78 is 10.8. The first-order valence-corrected chi connectivity index (χ1v) is 10.3. The van der Waals surface area contributed by atoms with E-state index in [9.17, 15) is 14.4 Å². The first-order valence-electron chi connectivity index (χ1n) is 9.90. The van der Waals surface area contributed by atoms with E-state index in [-0.39, 0.29) is 30.0 Å². The molecule has 1 atom stereocenters. The van der Waals surface area contributed by atoms with Gasteiger partial charge in [-0.2, -0.15) is 0 Å². The van der Waals surface area contributed by atoms with Crippen molar-refractivity contribution in [2.45, 2.75) is 18.9 Å². The zero-order valence-electron chi connectivity index (χ0n) is 16.9. The minimum atomic E-state index is -0.394. The van der Waals surface area contributed by atoms with Crippen LogP contribution in [-0.2, 0) is 9.53 Å². The van der Waals surface area contributed by atoms with Crippen molar-refractivity contribution in [3.63, 3.8) is 0 Å². The van der Waals surface area contributed by atoms with Gasteiger partial charge in [-0.1, -0.05) is 11.6 Å². The van der Waals surface area contributed by atoms with Crippen molar-refractivity contribution in [1.29, 1.82) is 0 Å². The van der Waals surface area contributed by atoms with Gasteiger partial charge in [0.1, 0.15) is 5.75 Å². The second-order valence-corrected chi connectivity index (χ2v) is 7.76. The molecule has 2 aliphatic rings. The molecule has 2 aliphatic heterocycles. The second kappa shape index (κ2) is 8.91. The quantitative estimate of drug-likeness (QED) is 0.546. The molecule has 2 aromatic carbocycles. The molecular formula is C23H21ClN2O5. The summed E-state index contributed by atoms with van der Waals surface area (Å²) in [4.78, 5) is 38.9. The lowest BCUT2D eigenvalue weighted by molar-refractivity contribution is -0.111. The molecule has 1 saturated heterocycles. The fraction of sp³-hybridized carbons (Fsp3) is 0.261. The molecule has 0 spiro atoms. The third-order valence-electron chi connectivity index (χ3n) is 5.25. The number of nitrogens with one attached hydrogen (secondary N) is 1. The van der Waals surface area contributed by atoms with Crippen LogP contribution in [0.3, 0.4) is 0 Å². The van der Waals surface area contributed by atoms with Gasteiger partial charge in [-0.3, -0.25) is 19.3 Å². The molecule has 0 aromatic heterocycles. The molecule has 4 rings (SSSR count). The minimum Gasteiger partial charge on any atom is -0.496 e. The van der Waals surface area contributed by atoms with Gasteiger partial charge in [-0.05, 0) is 55.3 Å². The molecule has 7 nitrogen and oxygen atoms in total. The van der Waals surface area contributed by atoms with Crippen molar-refractivity contribution in [1.82, 2.24) is 4.90 Å². The first-order chi connectivity index (χ1) is 15.0. The number of amides is 3. The highest BCUT2D eigenvalue weighted by Crippen LogP contribution is 2.28. The van der Waals surface area contributed by atoms with E-state index in [4.69, 9.17) is 21.1 Å². The first kappa shape index (κ1) is 21.1. The summed E-state index contributed by atoms with van der Waals surface area (Å²) in [5.41, 5.74) is 1.69. The highest BCUT2D eigenvalue weighted by atomic mass is 35.5. The van der Waals surface area contributed by atoms with Gasteiger partial charge >= 0.3 is 0 Å². The molecule has 3 amide bonds. The van der Waals surface area contributed by atoms with Crippen LogP contribution in [0.15, 0.2) is 42.5 Å². The summed E-state index contributed by atoms with van der Waals surface area (Å²) >= 11 is 6.00. The number of fused-ring (bicyclic) bond motifs is 1. The van der Waals surface area contributed by atoms with E-state index in [0.717, 1.165) is 12.8 Å². The van der Waals surface area contributed by atoms with Crippen molar-refractivity contribution in [2.24, 2.45) is 0 Å². The van der Waals surface area contributed by atoms with Crippen LogP contribution in [0.1, 0.15) is 39.1 Å². The molecule has 1 unspecified atom stereocenters. The van der Waals surface area contributed by atoms with Crippen LogP contribution < -0.4 is 10.1 Å². The van der Waals surface area contributed by atoms with E-state index >= 15 is 0 Å². The minimum absolute atomic E-state index is 0.116. The van der Waals surface area contributed by atoms with Crippen LogP contribution in [0.25, 0.3) is 6.08 Å². The summed E-state index contributed by atoms with van der Waals surface area (Å²) in [7, 11) is 1.53. The van der Waals surface area contributed by atoms with E-state index in [1.807, 2.05) is 0 Å². The topological polar surface area (TPSA) is 84.9 Å². The van der Waals surface area contributed by atoms with Gasteiger partial charge in [0.15, 0.2) is 0 Å². The van der Waals surface area contributed by atoms with Gasteiger partial charge in [0.2, 0.25) is 5.91 Å². The van der Waals surface area contributed by atoms with Gasteiger partial charge in [0, 0.05) is 29.0 Å². The number of hydrogen-bond donors (Lipinski definition) is 1. The molecule has 0 radical (unpaired) electrons. The summed E-state index contributed by atoms with van der Waals surface area (Å²) in [5.74, 6) is -0.511. The SMILES string of the molecule is COc1ccc(Cl)cc1/C=C/C(=O)Nc1ccc2c(c1)C(=O)N(CC1CCCO1)C2=O. The number of rotatable bonds is 6. The molecule has 2 aromatic rings. The van der Waals surface area contributed by atoms with Crippen LogP contribution in [0.4, 0.5) is 5.69 Å². The van der Waals surface area contributed by atoms with Crippen LogP contribution in [0, 0.1) is 0 Å². The zero-order valence-corrected chi connectivity index (χ0v) is 17.6. The Kier molecular flexibility index (Phi) is 6.06. The summed E-state index contributed by atoms with van der Waals surface area (Å²) in [6.07, 6.45) is 4.58. The molecule has 8 heteroatoms. The Hall–Kier alpha value is -3.16. The number of anilines is 1. The Morgan fingerprint density at radius 2 is 2.03 bits per heavy atom. The van der Waals surface area contributed by atoms with Gasteiger partial charge in [-0.15, -0.1) is 0 Å². The molecule has 0 bridgehead atoms. The lowest BCUT2D eigenvalue weighted by Gasteiger charge is -2.17. The van der Waals surface area contributed by atoms with Crippen molar-refractivity contribution >= 4 is 41.1 Å². The Bertz CT molecular complexity index is 1080. The molecule has 0 aliphatic carbocycles. The van der Waals surface area contributed by atoms with E-state index in [1.165, 1.54) is 24.2 Å². The van der Waals surface area contributed by atoms with Gasteiger partial charge < -0.3 is 14.8 Å². The number of ether oxygens (including phenoxy) is 2. The molecule has 31 heavy (non-hydrogen) atoms. The van der Waals surface area contributed by atoms with Crippen LogP contribution in [0.2, 0.25) is 5.02 Å². The Labute approximate surface area is 184 Å². The molecular weight excluding hydrogens is 420 g/mol. The van der Waals surface area contributed by atoms with Crippen molar-refractivity contribution in [2.75, 3.05) is 25.6 Å². The molecule has 1 fully saturated rings. The van der Waals surface area contributed by atoms with Gasteiger partial charge in [0.25, 0.3) is 11.8 Å². The maximum Gasteiger partial charge on any atom is 0.261 e. The van der Waals surface area contributed by atoms with Gasteiger partial charge in [-0.25, -0.2) is 0 Å².